The van der Waals surface area contributed by atoms with Crippen LogP contribution in [0.4, 0.5) is 4.39 Å². The van der Waals surface area contributed by atoms with Gasteiger partial charge < -0.3 is 14.8 Å². The van der Waals surface area contributed by atoms with Gasteiger partial charge in [-0.2, -0.15) is 0 Å². The van der Waals surface area contributed by atoms with Gasteiger partial charge >= 0.3 is 0 Å². The van der Waals surface area contributed by atoms with Crippen molar-refractivity contribution in [3.8, 4) is 11.3 Å². The predicted octanol–water partition coefficient (Wildman–Crippen LogP) is 3.77. The number of amides is 1. The lowest BCUT2D eigenvalue weighted by molar-refractivity contribution is -0.117. The van der Waals surface area contributed by atoms with E-state index in [1.165, 1.54) is 12.1 Å². The molecule has 0 radical (unpaired) electrons. The highest BCUT2D eigenvalue weighted by atomic mass is 19.1. The van der Waals surface area contributed by atoms with Gasteiger partial charge in [-0.15, -0.1) is 0 Å². The van der Waals surface area contributed by atoms with Gasteiger partial charge in [-0.05, 0) is 37.3 Å². The standard InChI is InChI=1S/C21H16FN3O3/c1-12-19(16-4-2-3-5-17(16)24-12)20(26)21(27)23-11-15-10-18(28-25-15)13-6-8-14(22)9-7-13/h2-10,24H,11H2,1H3,(H,23,27). The van der Waals surface area contributed by atoms with Crippen LogP contribution in [-0.4, -0.2) is 21.8 Å². The SMILES string of the molecule is Cc1[nH]c2ccccc2c1C(=O)C(=O)NCc1cc(-c2ccc(F)cc2)on1. The molecule has 0 aliphatic heterocycles. The summed E-state index contributed by atoms with van der Waals surface area (Å²) in [5, 5.41) is 7.15. The number of nitrogens with zero attached hydrogens (tertiary/aromatic N) is 1. The topological polar surface area (TPSA) is 88.0 Å². The Morgan fingerprint density at radius 3 is 2.68 bits per heavy atom. The van der Waals surface area contributed by atoms with E-state index >= 15 is 0 Å². The van der Waals surface area contributed by atoms with Crippen LogP contribution in [0, 0.1) is 12.7 Å². The number of benzene rings is 2. The van der Waals surface area contributed by atoms with E-state index in [1.807, 2.05) is 18.2 Å². The van der Waals surface area contributed by atoms with Crippen LogP contribution in [0.5, 0.6) is 0 Å². The maximum absolute atomic E-state index is 13.0. The summed E-state index contributed by atoms with van der Waals surface area (Å²) in [5.41, 5.74) is 2.92. The van der Waals surface area contributed by atoms with Crippen LogP contribution in [0.25, 0.3) is 22.2 Å². The van der Waals surface area contributed by atoms with Crippen molar-refractivity contribution in [3.63, 3.8) is 0 Å². The Hall–Kier alpha value is -3.74. The quantitative estimate of drug-likeness (QED) is 0.409. The molecule has 0 atom stereocenters. The number of fused-ring (bicyclic) bond motifs is 1. The third kappa shape index (κ3) is 3.29. The smallest absolute Gasteiger partial charge is 0.292 e. The van der Waals surface area contributed by atoms with E-state index in [-0.39, 0.29) is 12.4 Å². The summed E-state index contributed by atoms with van der Waals surface area (Å²) < 4.78 is 18.2. The van der Waals surface area contributed by atoms with Crippen molar-refractivity contribution in [3.05, 3.63) is 77.4 Å². The Labute approximate surface area is 159 Å². The largest absolute Gasteiger partial charge is 0.358 e. The Balaban J connectivity index is 1.46. The molecule has 0 aliphatic carbocycles. The van der Waals surface area contributed by atoms with E-state index in [1.54, 1.807) is 31.2 Å². The zero-order chi connectivity index (χ0) is 19.7. The summed E-state index contributed by atoms with van der Waals surface area (Å²) >= 11 is 0. The monoisotopic (exact) mass is 377 g/mol. The summed E-state index contributed by atoms with van der Waals surface area (Å²) in [4.78, 5) is 28.1. The molecule has 0 unspecified atom stereocenters. The van der Waals surface area contributed by atoms with Gasteiger partial charge in [0.15, 0.2) is 5.76 Å². The minimum atomic E-state index is -0.723. The van der Waals surface area contributed by atoms with Gasteiger partial charge in [-0.25, -0.2) is 4.39 Å². The van der Waals surface area contributed by atoms with Crippen molar-refractivity contribution in [2.45, 2.75) is 13.5 Å². The fourth-order valence-electron chi connectivity index (χ4n) is 3.08. The van der Waals surface area contributed by atoms with E-state index in [9.17, 15) is 14.0 Å². The van der Waals surface area contributed by atoms with Crippen LogP contribution < -0.4 is 5.32 Å². The molecule has 4 rings (SSSR count). The minimum absolute atomic E-state index is 0.0384. The third-order valence-corrected chi connectivity index (χ3v) is 4.44. The molecule has 2 aromatic carbocycles. The summed E-state index contributed by atoms with van der Waals surface area (Å²) in [5.74, 6) is -1.23. The highest BCUT2D eigenvalue weighted by molar-refractivity contribution is 6.45. The van der Waals surface area contributed by atoms with Crippen molar-refractivity contribution in [2.24, 2.45) is 0 Å². The zero-order valence-electron chi connectivity index (χ0n) is 15.0. The van der Waals surface area contributed by atoms with Crippen molar-refractivity contribution in [1.82, 2.24) is 15.5 Å². The number of aromatic nitrogens is 2. The highest BCUT2D eigenvalue weighted by Gasteiger charge is 2.22. The van der Waals surface area contributed by atoms with Crippen LogP contribution in [0.2, 0.25) is 0 Å². The normalized spacial score (nSPS) is 10.9. The van der Waals surface area contributed by atoms with Crippen LogP contribution in [0.15, 0.2) is 59.1 Å². The van der Waals surface area contributed by atoms with Crippen LogP contribution in [-0.2, 0) is 11.3 Å². The summed E-state index contributed by atoms with van der Waals surface area (Å²) in [6.07, 6.45) is 0. The second kappa shape index (κ2) is 7.11. The molecular weight excluding hydrogens is 361 g/mol. The van der Waals surface area contributed by atoms with Crippen molar-refractivity contribution >= 4 is 22.6 Å². The maximum Gasteiger partial charge on any atom is 0.292 e. The molecule has 1 amide bonds. The summed E-state index contributed by atoms with van der Waals surface area (Å²) in [6.45, 7) is 1.80. The number of carbonyl (C=O) groups excluding carboxylic acids is 2. The summed E-state index contributed by atoms with van der Waals surface area (Å²) in [6, 6.07) is 14.7. The predicted molar refractivity (Wildman–Crippen MR) is 101 cm³/mol. The second-order valence-corrected chi connectivity index (χ2v) is 6.37. The van der Waals surface area contributed by atoms with Crippen LogP contribution >= 0.6 is 0 Å². The van der Waals surface area contributed by atoms with Gasteiger partial charge in [-0.1, -0.05) is 23.4 Å². The fourth-order valence-corrected chi connectivity index (χ4v) is 3.08. The van der Waals surface area contributed by atoms with Crippen molar-refractivity contribution in [1.29, 1.82) is 0 Å². The summed E-state index contributed by atoms with van der Waals surface area (Å²) in [7, 11) is 0. The van der Waals surface area contributed by atoms with Crippen LogP contribution in [0.1, 0.15) is 21.7 Å². The van der Waals surface area contributed by atoms with E-state index in [4.69, 9.17) is 4.52 Å². The average molecular weight is 377 g/mol. The molecule has 140 valence electrons. The number of rotatable bonds is 5. The minimum Gasteiger partial charge on any atom is -0.358 e. The van der Waals surface area contributed by atoms with Gasteiger partial charge in [0, 0.05) is 28.2 Å². The molecular formula is C21H16FN3O3. The zero-order valence-corrected chi connectivity index (χ0v) is 15.0. The number of ketones is 1. The number of H-pyrrole nitrogens is 1. The number of hydrogen-bond donors (Lipinski definition) is 2. The first-order valence-electron chi connectivity index (χ1n) is 8.64. The Morgan fingerprint density at radius 1 is 1.14 bits per heavy atom. The number of halogens is 1. The van der Waals surface area contributed by atoms with E-state index in [0.29, 0.717) is 33.7 Å². The lowest BCUT2D eigenvalue weighted by Crippen LogP contribution is -2.31. The van der Waals surface area contributed by atoms with E-state index in [2.05, 4.69) is 15.5 Å². The molecule has 0 fully saturated rings. The molecule has 0 spiro atoms. The van der Waals surface area contributed by atoms with Crippen molar-refractivity contribution in [2.75, 3.05) is 0 Å². The average Bonchev–Trinajstić information content (AvgIpc) is 3.29. The lowest BCUT2D eigenvalue weighted by atomic mass is 10.1. The first-order valence-corrected chi connectivity index (χ1v) is 8.64. The molecule has 0 aliphatic rings. The van der Waals surface area contributed by atoms with Crippen molar-refractivity contribution < 1.29 is 18.5 Å². The Bertz CT molecular complexity index is 1180. The van der Waals surface area contributed by atoms with E-state index in [0.717, 1.165) is 5.52 Å². The Kier molecular flexibility index (Phi) is 4.49. The van der Waals surface area contributed by atoms with Gasteiger partial charge in [0.25, 0.3) is 11.7 Å². The molecule has 28 heavy (non-hydrogen) atoms. The number of Topliss-reactive ketones (excluding diaryl/α,β-unsaturated/α-hetero) is 1. The fraction of sp³-hybridized carbons (Fsp3) is 0.0952. The van der Waals surface area contributed by atoms with Gasteiger partial charge in [0.1, 0.15) is 11.5 Å². The van der Waals surface area contributed by atoms with E-state index < -0.39 is 11.7 Å². The first-order chi connectivity index (χ1) is 13.5. The molecule has 0 bridgehead atoms. The second-order valence-electron chi connectivity index (χ2n) is 6.37. The number of carbonyl (C=O) groups is 2. The number of hydrogen-bond acceptors (Lipinski definition) is 4. The molecule has 0 saturated carbocycles. The number of aromatic amines is 1. The van der Waals surface area contributed by atoms with Crippen LogP contribution in [0.3, 0.4) is 0 Å². The number of aryl methyl sites for hydroxylation is 1. The molecule has 2 aromatic heterocycles. The lowest BCUT2D eigenvalue weighted by Gasteiger charge is -2.02. The van der Waals surface area contributed by atoms with Gasteiger partial charge in [-0.3, -0.25) is 9.59 Å². The number of para-hydroxylation sites is 1. The van der Waals surface area contributed by atoms with Gasteiger partial charge in [0.2, 0.25) is 0 Å². The Morgan fingerprint density at radius 2 is 1.89 bits per heavy atom. The molecule has 4 aromatic rings. The third-order valence-electron chi connectivity index (χ3n) is 4.44. The first kappa shape index (κ1) is 17.7. The number of nitrogens with one attached hydrogen (secondary N) is 2. The molecule has 0 saturated heterocycles. The van der Waals surface area contributed by atoms with Gasteiger partial charge in [0.05, 0.1) is 12.1 Å². The molecule has 2 heterocycles. The highest BCUT2D eigenvalue weighted by Crippen LogP contribution is 2.23. The molecule has 6 nitrogen and oxygen atoms in total. The molecule has 2 N–H and O–H groups in total. The maximum atomic E-state index is 13.0. The molecule has 7 heteroatoms.